The van der Waals surface area contributed by atoms with E-state index in [9.17, 15) is 4.79 Å². The minimum Gasteiger partial charge on any atom is -0.383 e. The SMILES string of the molecule is COCCN(C(C)=O)C1CCC(CCN2CCC(Cc3cc(Cl)ccc3Br)CC2)CC1. The van der Waals surface area contributed by atoms with Crippen molar-refractivity contribution in [1.82, 2.24) is 9.80 Å². The monoisotopic (exact) mass is 512 g/mol. The Labute approximate surface area is 201 Å². The van der Waals surface area contributed by atoms with Gasteiger partial charge in [-0.3, -0.25) is 4.79 Å². The maximum atomic E-state index is 12.0. The van der Waals surface area contributed by atoms with Crippen molar-refractivity contribution in [1.29, 1.82) is 0 Å². The van der Waals surface area contributed by atoms with Gasteiger partial charge in [0.25, 0.3) is 0 Å². The Hall–Kier alpha value is -0.620. The summed E-state index contributed by atoms with van der Waals surface area (Å²) in [6.45, 7) is 6.70. The first-order valence-electron chi connectivity index (χ1n) is 11.9. The first-order chi connectivity index (χ1) is 15.0. The zero-order valence-electron chi connectivity index (χ0n) is 19.1. The lowest BCUT2D eigenvalue weighted by Crippen LogP contribution is -2.43. The van der Waals surface area contributed by atoms with Gasteiger partial charge in [0.1, 0.15) is 0 Å². The summed E-state index contributed by atoms with van der Waals surface area (Å²) in [4.78, 5) is 16.7. The number of rotatable bonds is 9. The number of amides is 1. The summed E-state index contributed by atoms with van der Waals surface area (Å²) in [7, 11) is 1.70. The maximum absolute atomic E-state index is 12.0. The summed E-state index contributed by atoms with van der Waals surface area (Å²) in [5, 5.41) is 0.829. The first kappa shape index (κ1) is 25.0. The van der Waals surface area contributed by atoms with Crippen LogP contribution in [0.4, 0.5) is 0 Å². The van der Waals surface area contributed by atoms with Crippen molar-refractivity contribution in [3.8, 4) is 0 Å². The first-order valence-corrected chi connectivity index (χ1v) is 13.1. The lowest BCUT2D eigenvalue weighted by atomic mass is 9.83. The van der Waals surface area contributed by atoms with Crippen LogP contribution in [-0.4, -0.2) is 61.6 Å². The molecule has 0 bridgehead atoms. The van der Waals surface area contributed by atoms with E-state index < -0.39 is 0 Å². The molecular weight excluding hydrogens is 476 g/mol. The van der Waals surface area contributed by atoms with E-state index >= 15 is 0 Å². The molecule has 1 heterocycles. The lowest BCUT2D eigenvalue weighted by Gasteiger charge is -2.37. The molecule has 0 spiro atoms. The third-order valence-electron chi connectivity index (χ3n) is 7.27. The number of methoxy groups -OCH3 is 1. The molecule has 2 fully saturated rings. The highest BCUT2D eigenvalue weighted by atomic mass is 79.9. The molecule has 174 valence electrons. The molecule has 31 heavy (non-hydrogen) atoms. The Kier molecular flexibility index (Phi) is 10.1. The number of hydrogen-bond acceptors (Lipinski definition) is 3. The molecule has 1 saturated carbocycles. The molecule has 4 nitrogen and oxygen atoms in total. The average molecular weight is 514 g/mol. The Morgan fingerprint density at radius 1 is 1.16 bits per heavy atom. The highest BCUT2D eigenvalue weighted by Gasteiger charge is 2.28. The zero-order valence-corrected chi connectivity index (χ0v) is 21.5. The molecule has 0 atom stereocenters. The van der Waals surface area contributed by atoms with E-state index in [2.05, 4.69) is 33.0 Å². The van der Waals surface area contributed by atoms with E-state index in [1.54, 1.807) is 14.0 Å². The van der Waals surface area contributed by atoms with Crippen LogP contribution in [-0.2, 0) is 16.0 Å². The molecule has 1 aliphatic heterocycles. The van der Waals surface area contributed by atoms with Gasteiger partial charge in [-0.2, -0.15) is 0 Å². The molecule has 0 radical (unpaired) electrons. The van der Waals surface area contributed by atoms with Crippen LogP contribution in [0.1, 0.15) is 57.4 Å². The van der Waals surface area contributed by atoms with Gasteiger partial charge in [-0.15, -0.1) is 0 Å². The van der Waals surface area contributed by atoms with Crippen LogP contribution >= 0.6 is 27.5 Å². The minimum atomic E-state index is 0.188. The summed E-state index contributed by atoms with van der Waals surface area (Å²) < 4.78 is 6.37. The van der Waals surface area contributed by atoms with E-state index in [1.807, 2.05) is 11.0 Å². The maximum Gasteiger partial charge on any atom is 0.219 e. The standard InChI is InChI=1S/C25H38BrClN2O2/c1-19(30)29(15-16-31-2)24-6-3-20(4-7-24)9-12-28-13-10-21(11-14-28)17-22-18-23(27)5-8-25(22)26/h5,8,18,20-21,24H,3-4,6-7,9-17H2,1-2H3. The molecule has 3 rings (SSSR count). The van der Waals surface area contributed by atoms with E-state index in [-0.39, 0.29) is 5.91 Å². The van der Waals surface area contributed by atoms with Gasteiger partial charge in [-0.1, -0.05) is 27.5 Å². The minimum absolute atomic E-state index is 0.188. The van der Waals surface area contributed by atoms with Crippen LogP contribution in [0, 0.1) is 11.8 Å². The molecule has 0 unspecified atom stereocenters. The van der Waals surface area contributed by atoms with Crippen molar-refractivity contribution in [3.05, 3.63) is 33.3 Å². The van der Waals surface area contributed by atoms with Crippen molar-refractivity contribution in [2.24, 2.45) is 11.8 Å². The van der Waals surface area contributed by atoms with E-state index in [4.69, 9.17) is 16.3 Å². The summed E-state index contributed by atoms with van der Waals surface area (Å²) >= 11 is 9.86. The number of piperidine rings is 1. The number of carbonyl (C=O) groups excluding carboxylic acids is 1. The number of hydrogen-bond donors (Lipinski definition) is 0. The molecule has 1 aliphatic carbocycles. The van der Waals surface area contributed by atoms with Gasteiger partial charge in [0.15, 0.2) is 0 Å². The predicted molar refractivity (Wildman–Crippen MR) is 132 cm³/mol. The van der Waals surface area contributed by atoms with Crippen LogP contribution in [0.2, 0.25) is 5.02 Å². The second kappa shape index (κ2) is 12.6. The van der Waals surface area contributed by atoms with Gasteiger partial charge in [-0.05, 0) is 107 Å². The quantitative estimate of drug-likeness (QED) is 0.418. The topological polar surface area (TPSA) is 32.8 Å². The fourth-order valence-electron chi connectivity index (χ4n) is 5.32. The van der Waals surface area contributed by atoms with Crippen LogP contribution in [0.15, 0.2) is 22.7 Å². The average Bonchev–Trinajstić information content (AvgIpc) is 2.77. The summed E-state index contributed by atoms with van der Waals surface area (Å²) in [5.41, 5.74) is 1.34. The second-order valence-electron chi connectivity index (χ2n) is 9.39. The fourth-order valence-corrected chi connectivity index (χ4v) is 5.93. The Bertz CT molecular complexity index is 701. The highest BCUT2D eigenvalue weighted by molar-refractivity contribution is 9.10. The van der Waals surface area contributed by atoms with E-state index in [0.29, 0.717) is 12.6 Å². The second-order valence-corrected chi connectivity index (χ2v) is 10.7. The lowest BCUT2D eigenvalue weighted by molar-refractivity contribution is -0.132. The number of carbonyl (C=O) groups is 1. The summed E-state index contributed by atoms with van der Waals surface area (Å²) in [5.74, 6) is 1.76. The van der Waals surface area contributed by atoms with Crippen LogP contribution < -0.4 is 0 Å². The number of halogens is 2. The predicted octanol–water partition coefficient (Wildman–Crippen LogP) is 5.80. The third-order valence-corrected chi connectivity index (χ3v) is 8.28. The van der Waals surface area contributed by atoms with Crippen molar-refractivity contribution in [3.63, 3.8) is 0 Å². The van der Waals surface area contributed by atoms with Crippen molar-refractivity contribution in [2.75, 3.05) is 39.9 Å². The number of likely N-dealkylation sites (tertiary alicyclic amines) is 1. The molecular formula is C25H38BrClN2O2. The van der Waals surface area contributed by atoms with Gasteiger partial charge in [0.05, 0.1) is 6.61 Å². The van der Waals surface area contributed by atoms with E-state index in [0.717, 1.165) is 42.7 Å². The summed E-state index contributed by atoms with van der Waals surface area (Å²) in [6.07, 6.45) is 9.76. The number of ether oxygens (including phenoxy) is 1. The Morgan fingerprint density at radius 3 is 2.52 bits per heavy atom. The van der Waals surface area contributed by atoms with Crippen LogP contribution in [0.3, 0.4) is 0 Å². The molecule has 0 aromatic heterocycles. The molecule has 1 amide bonds. The zero-order chi connectivity index (χ0) is 22.2. The molecule has 1 aromatic rings. The van der Waals surface area contributed by atoms with Gasteiger partial charge >= 0.3 is 0 Å². The van der Waals surface area contributed by atoms with Crippen LogP contribution in [0.25, 0.3) is 0 Å². The van der Waals surface area contributed by atoms with Gasteiger partial charge in [-0.25, -0.2) is 0 Å². The molecule has 2 aliphatic rings. The number of nitrogens with zero attached hydrogens (tertiary/aromatic N) is 2. The largest absolute Gasteiger partial charge is 0.383 e. The molecule has 6 heteroatoms. The third kappa shape index (κ3) is 7.73. The fraction of sp³-hybridized carbons (Fsp3) is 0.720. The van der Waals surface area contributed by atoms with Gasteiger partial charge in [0.2, 0.25) is 5.91 Å². The van der Waals surface area contributed by atoms with Crippen molar-refractivity contribution < 1.29 is 9.53 Å². The molecule has 0 N–H and O–H groups in total. The number of benzene rings is 1. The Balaban J connectivity index is 1.35. The molecule has 1 saturated heterocycles. The normalized spacial score (nSPS) is 23.1. The van der Waals surface area contributed by atoms with Crippen molar-refractivity contribution in [2.45, 2.75) is 64.3 Å². The van der Waals surface area contributed by atoms with Gasteiger partial charge < -0.3 is 14.5 Å². The van der Waals surface area contributed by atoms with Gasteiger partial charge in [0, 0.05) is 36.1 Å². The molecule has 1 aromatic carbocycles. The smallest absolute Gasteiger partial charge is 0.219 e. The summed E-state index contributed by atoms with van der Waals surface area (Å²) in [6, 6.07) is 6.53. The van der Waals surface area contributed by atoms with E-state index in [1.165, 1.54) is 61.8 Å². The highest BCUT2D eigenvalue weighted by Crippen LogP contribution is 2.31. The van der Waals surface area contributed by atoms with Crippen molar-refractivity contribution >= 4 is 33.4 Å². The Morgan fingerprint density at radius 2 is 1.87 bits per heavy atom. The van der Waals surface area contributed by atoms with Crippen LogP contribution in [0.5, 0.6) is 0 Å².